The molecule has 3 rings (SSSR count). The molecule has 2 aromatic rings. The molecule has 27 heavy (non-hydrogen) atoms. The Bertz CT molecular complexity index is 951. The highest BCUT2D eigenvalue weighted by Gasteiger charge is 2.37. The van der Waals surface area contributed by atoms with Crippen molar-refractivity contribution in [2.24, 2.45) is 5.73 Å². The second-order valence-electron chi connectivity index (χ2n) is 6.16. The van der Waals surface area contributed by atoms with Gasteiger partial charge >= 0.3 is 5.97 Å². The van der Waals surface area contributed by atoms with Crippen LogP contribution in [0.4, 0.5) is 0 Å². The number of hydrogen-bond donors (Lipinski definition) is 1. The number of hydrogen-bond acceptors (Lipinski definition) is 5. The number of ether oxygens (including phenoxy) is 2. The Kier molecular flexibility index (Phi) is 5.28. The average molecular weight is 360 g/mol. The Morgan fingerprint density at radius 2 is 1.85 bits per heavy atom. The minimum Gasteiger partial charge on any atom is -0.462 e. The maximum Gasteiger partial charge on any atom is 0.340 e. The third-order valence-electron chi connectivity index (χ3n) is 4.36. The van der Waals surface area contributed by atoms with E-state index in [1.807, 2.05) is 61.5 Å². The van der Waals surface area contributed by atoms with Gasteiger partial charge in [0.1, 0.15) is 5.57 Å². The molecule has 5 nitrogen and oxygen atoms in total. The summed E-state index contributed by atoms with van der Waals surface area (Å²) < 4.78 is 10.9. The van der Waals surface area contributed by atoms with Crippen LogP contribution in [0.15, 0.2) is 71.6 Å². The van der Waals surface area contributed by atoms with Gasteiger partial charge in [0.25, 0.3) is 0 Å². The van der Waals surface area contributed by atoms with Crippen LogP contribution < -0.4 is 5.73 Å². The zero-order chi connectivity index (χ0) is 19.4. The Labute approximate surface area is 158 Å². The van der Waals surface area contributed by atoms with E-state index in [0.717, 1.165) is 16.7 Å². The van der Waals surface area contributed by atoms with Crippen LogP contribution in [0.3, 0.4) is 0 Å². The second-order valence-corrected chi connectivity index (χ2v) is 6.16. The number of esters is 1. The number of nitrogens with zero attached hydrogens (tertiary/aromatic N) is 1. The zero-order valence-electron chi connectivity index (χ0n) is 15.2. The van der Waals surface area contributed by atoms with Crippen LogP contribution in [0.5, 0.6) is 0 Å². The predicted molar refractivity (Wildman–Crippen MR) is 102 cm³/mol. The molecule has 1 heterocycles. The van der Waals surface area contributed by atoms with Gasteiger partial charge in [-0.25, -0.2) is 4.79 Å². The molecule has 0 fully saturated rings. The molecule has 0 saturated heterocycles. The summed E-state index contributed by atoms with van der Waals surface area (Å²) in [7, 11) is 0. The lowest BCUT2D eigenvalue weighted by Gasteiger charge is -2.28. The van der Waals surface area contributed by atoms with E-state index in [0.29, 0.717) is 11.3 Å². The van der Waals surface area contributed by atoms with E-state index in [1.165, 1.54) is 0 Å². The van der Waals surface area contributed by atoms with Gasteiger partial charge in [-0.2, -0.15) is 5.26 Å². The topological polar surface area (TPSA) is 85.3 Å². The van der Waals surface area contributed by atoms with Crippen LogP contribution in [-0.4, -0.2) is 12.6 Å². The average Bonchev–Trinajstić information content (AvgIpc) is 2.68. The van der Waals surface area contributed by atoms with Crippen molar-refractivity contribution < 1.29 is 14.3 Å². The Morgan fingerprint density at radius 1 is 1.19 bits per heavy atom. The molecule has 1 unspecified atom stereocenters. The first-order valence-electron chi connectivity index (χ1n) is 8.67. The van der Waals surface area contributed by atoms with Crippen LogP contribution in [0.25, 0.3) is 5.76 Å². The fraction of sp³-hybridized carbons (Fsp3) is 0.182. The molecule has 0 bridgehead atoms. The van der Waals surface area contributed by atoms with Crippen molar-refractivity contribution in [3.8, 4) is 6.07 Å². The van der Waals surface area contributed by atoms with Crippen LogP contribution in [-0.2, 0) is 14.3 Å². The number of carbonyl (C=O) groups is 1. The van der Waals surface area contributed by atoms with Gasteiger partial charge in [-0.1, -0.05) is 60.2 Å². The largest absolute Gasteiger partial charge is 0.462 e. The standard InChI is InChI=1S/C22H20N2O3/c1-3-26-22(25)19-18(15-11-9-14(2)10-12-15)17(13-23)20(27-21(19)24)16-7-5-4-6-8-16/h4-12,18H,3,24H2,1-2H3. The molecule has 0 aliphatic carbocycles. The molecule has 0 amide bonds. The highest BCUT2D eigenvalue weighted by Crippen LogP contribution is 2.42. The van der Waals surface area contributed by atoms with Crippen molar-refractivity contribution in [3.63, 3.8) is 0 Å². The maximum absolute atomic E-state index is 12.6. The van der Waals surface area contributed by atoms with Crippen LogP contribution in [0.1, 0.15) is 29.5 Å². The lowest BCUT2D eigenvalue weighted by molar-refractivity contribution is -0.139. The number of allylic oxidation sites excluding steroid dienone is 1. The van der Waals surface area contributed by atoms with E-state index in [-0.39, 0.29) is 18.1 Å². The summed E-state index contributed by atoms with van der Waals surface area (Å²) in [6.07, 6.45) is 0. The monoisotopic (exact) mass is 360 g/mol. The van der Waals surface area contributed by atoms with E-state index in [1.54, 1.807) is 6.92 Å². The van der Waals surface area contributed by atoms with Crippen molar-refractivity contribution in [2.75, 3.05) is 6.61 Å². The third kappa shape index (κ3) is 3.56. The summed E-state index contributed by atoms with van der Waals surface area (Å²) in [6, 6.07) is 19.1. The molecular weight excluding hydrogens is 340 g/mol. The summed E-state index contributed by atoms with van der Waals surface area (Å²) in [5.41, 5.74) is 9.17. The number of carbonyl (C=O) groups excluding carboxylic acids is 1. The van der Waals surface area contributed by atoms with Gasteiger partial charge in [0.15, 0.2) is 5.76 Å². The highest BCUT2D eigenvalue weighted by atomic mass is 16.5. The highest BCUT2D eigenvalue weighted by molar-refractivity contribution is 5.94. The normalized spacial score (nSPS) is 16.6. The molecular formula is C22H20N2O3. The lowest BCUT2D eigenvalue weighted by atomic mass is 9.82. The van der Waals surface area contributed by atoms with Crippen molar-refractivity contribution in [1.29, 1.82) is 5.26 Å². The van der Waals surface area contributed by atoms with Crippen LogP contribution >= 0.6 is 0 Å². The van der Waals surface area contributed by atoms with Crippen molar-refractivity contribution in [3.05, 3.63) is 88.3 Å². The molecule has 1 atom stereocenters. The van der Waals surface area contributed by atoms with Gasteiger partial charge < -0.3 is 15.2 Å². The van der Waals surface area contributed by atoms with E-state index in [9.17, 15) is 10.1 Å². The molecule has 136 valence electrons. The first-order chi connectivity index (χ1) is 13.1. The molecule has 2 aromatic carbocycles. The third-order valence-corrected chi connectivity index (χ3v) is 4.36. The van der Waals surface area contributed by atoms with Gasteiger partial charge in [-0.05, 0) is 19.4 Å². The van der Waals surface area contributed by atoms with Gasteiger partial charge in [0.05, 0.1) is 24.2 Å². The molecule has 0 aromatic heterocycles. The van der Waals surface area contributed by atoms with E-state index in [2.05, 4.69) is 6.07 Å². The number of nitrogens with two attached hydrogens (primary N) is 1. The van der Waals surface area contributed by atoms with Crippen molar-refractivity contribution in [1.82, 2.24) is 0 Å². The SMILES string of the molecule is CCOC(=O)C1=C(N)OC(c2ccccc2)=C(C#N)C1c1ccc(C)cc1. The molecule has 5 heteroatoms. The molecule has 2 N–H and O–H groups in total. The molecule has 1 aliphatic heterocycles. The fourth-order valence-corrected chi connectivity index (χ4v) is 3.08. The van der Waals surface area contributed by atoms with Crippen molar-refractivity contribution in [2.45, 2.75) is 19.8 Å². The van der Waals surface area contributed by atoms with E-state index in [4.69, 9.17) is 15.2 Å². The lowest BCUT2D eigenvalue weighted by Crippen LogP contribution is -2.26. The number of benzene rings is 2. The minimum absolute atomic E-state index is 0.0446. The summed E-state index contributed by atoms with van der Waals surface area (Å²) in [6.45, 7) is 3.89. The molecule has 0 radical (unpaired) electrons. The first kappa shape index (κ1) is 18.3. The quantitative estimate of drug-likeness (QED) is 0.839. The summed E-state index contributed by atoms with van der Waals surface area (Å²) in [5, 5.41) is 9.92. The number of nitriles is 1. The summed E-state index contributed by atoms with van der Waals surface area (Å²) >= 11 is 0. The second kappa shape index (κ2) is 7.79. The van der Waals surface area contributed by atoms with Crippen LogP contribution in [0.2, 0.25) is 0 Å². The number of rotatable bonds is 4. The summed E-state index contributed by atoms with van der Waals surface area (Å²) in [4.78, 5) is 12.6. The molecule has 0 spiro atoms. The smallest absolute Gasteiger partial charge is 0.340 e. The van der Waals surface area contributed by atoms with Gasteiger partial charge in [-0.15, -0.1) is 0 Å². The Balaban J connectivity index is 2.22. The maximum atomic E-state index is 12.6. The molecule has 1 aliphatic rings. The van der Waals surface area contributed by atoms with Gasteiger partial charge in [0, 0.05) is 5.56 Å². The first-order valence-corrected chi connectivity index (χ1v) is 8.67. The zero-order valence-corrected chi connectivity index (χ0v) is 15.2. The molecule has 0 saturated carbocycles. The van der Waals surface area contributed by atoms with Gasteiger partial charge in [0.2, 0.25) is 5.88 Å². The van der Waals surface area contributed by atoms with Gasteiger partial charge in [-0.3, -0.25) is 0 Å². The Hall–Kier alpha value is -3.52. The number of aryl methyl sites for hydroxylation is 1. The Morgan fingerprint density at radius 3 is 2.44 bits per heavy atom. The van der Waals surface area contributed by atoms with E-state index >= 15 is 0 Å². The summed E-state index contributed by atoms with van der Waals surface area (Å²) in [5.74, 6) is -0.926. The predicted octanol–water partition coefficient (Wildman–Crippen LogP) is 3.78. The fourth-order valence-electron chi connectivity index (χ4n) is 3.08. The van der Waals surface area contributed by atoms with Crippen molar-refractivity contribution >= 4 is 11.7 Å². The van der Waals surface area contributed by atoms with Crippen LogP contribution in [0, 0.1) is 18.3 Å². The van der Waals surface area contributed by atoms with E-state index < -0.39 is 11.9 Å². The minimum atomic E-state index is -0.654.